The zero-order valence-electron chi connectivity index (χ0n) is 10.8. The molecule has 1 aliphatic rings. The minimum Gasteiger partial charge on any atom is -0.481 e. The number of hydrogen-bond acceptors (Lipinski definition) is 4. The number of hydrogen-bond donors (Lipinski definition) is 0. The number of aromatic nitrogens is 2. The summed E-state index contributed by atoms with van der Waals surface area (Å²) >= 11 is 0. The highest BCUT2D eigenvalue weighted by Gasteiger charge is 2.21. The summed E-state index contributed by atoms with van der Waals surface area (Å²) in [5, 5.41) is 0. The minimum absolute atomic E-state index is 0.643. The van der Waals surface area contributed by atoms with Crippen LogP contribution in [0.1, 0.15) is 13.3 Å². The molecule has 0 bridgehead atoms. The third kappa shape index (κ3) is 1.88. The normalized spacial score (nSPS) is 19.4. The van der Waals surface area contributed by atoms with Crippen molar-refractivity contribution in [1.29, 1.82) is 0 Å². The molecule has 0 N–H and O–H groups in total. The second kappa shape index (κ2) is 4.44. The smallest absolute Gasteiger partial charge is 0.213 e. The monoisotopic (exact) mass is 243 g/mol. The van der Waals surface area contributed by atoms with Gasteiger partial charge in [0.25, 0.3) is 0 Å². The molecular weight excluding hydrogens is 226 g/mol. The molecule has 1 fully saturated rings. The third-order valence-electron chi connectivity index (χ3n) is 3.51. The molecule has 4 nitrogen and oxygen atoms in total. The highest BCUT2D eigenvalue weighted by atomic mass is 16.5. The predicted molar refractivity (Wildman–Crippen MR) is 72.1 cm³/mol. The molecule has 0 aromatic carbocycles. The Labute approximate surface area is 107 Å². The van der Waals surface area contributed by atoms with Crippen molar-refractivity contribution in [3.05, 3.63) is 24.4 Å². The number of rotatable bonds is 2. The fourth-order valence-corrected chi connectivity index (χ4v) is 2.52. The minimum atomic E-state index is 0.643. The van der Waals surface area contributed by atoms with Gasteiger partial charge in [-0.2, -0.15) is 0 Å². The van der Waals surface area contributed by atoms with E-state index < -0.39 is 0 Å². The van der Waals surface area contributed by atoms with Crippen molar-refractivity contribution in [3.63, 3.8) is 0 Å². The molecule has 1 saturated heterocycles. The second-order valence-corrected chi connectivity index (χ2v) is 4.89. The average molecular weight is 243 g/mol. The largest absolute Gasteiger partial charge is 0.481 e. The maximum atomic E-state index is 5.20. The summed E-state index contributed by atoms with van der Waals surface area (Å²) in [4.78, 5) is 11.3. The standard InChI is InChI=1S/C14H17N3O/c1-10-6-8-17(9-10)12-5-7-15-11-3-4-13(18-2)16-14(11)12/h3-5,7,10H,6,8-9H2,1-2H3. The summed E-state index contributed by atoms with van der Waals surface area (Å²) in [5.41, 5.74) is 3.03. The molecule has 0 aliphatic carbocycles. The van der Waals surface area contributed by atoms with Gasteiger partial charge in [0, 0.05) is 25.4 Å². The zero-order chi connectivity index (χ0) is 12.5. The molecule has 4 heteroatoms. The first kappa shape index (κ1) is 11.3. The van der Waals surface area contributed by atoms with Gasteiger partial charge in [-0.3, -0.25) is 4.98 Å². The lowest BCUT2D eigenvalue weighted by Crippen LogP contribution is -2.19. The number of methoxy groups -OCH3 is 1. The van der Waals surface area contributed by atoms with Crippen LogP contribution in [0.15, 0.2) is 24.4 Å². The summed E-state index contributed by atoms with van der Waals surface area (Å²) in [6.45, 7) is 4.48. The Hall–Kier alpha value is -1.84. The van der Waals surface area contributed by atoms with Crippen LogP contribution in [0.5, 0.6) is 5.88 Å². The number of nitrogens with zero attached hydrogens (tertiary/aromatic N) is 3. The van der Waals surface area contributed by atoms with Crippen molar-refractivity contribution in [2.45, 2.75) is 13.3 Å². The van der Waals surface area contributed by atoms with Crippen LogP contribution in [0.4, 0.5) is 5.69 Å². The van der Waals surface area contributed by atoms with E-state index in [1.807, 2.05) is 24.4 Å². The first-order valence-electron chi connectivity index (χ1n) is 6.32. The Kier molecular flexibility index (Phi) is 2.78. The summed E-state index contributed by atoms with van der Waals surface area (Å²) in [5.74, 6) is 1.39. The maximum Gasteiger partial charge on any atom is 0.213 e. The lowest BCUT2D eigenvalue weighted by molar-refractivity contribution is 0.399. The average Bonchev–Trinajstić information content (AvgIpc) is 2.84. The number of fused-ring (bicyclic) bond motifs is 1. The van der Waals surface area contributed by atoms with Crippen molar-refractivity contribution in [3.8, 4) is 5.88 Å². The highest BCUT2D eigenvalue weighted by molar-refractivity contribution is 5.88. The van der Waals surface area contributed by atoms with Gasteiger partial charge in [0.15, 0.2) is 0 Å². The van der Waals surface area contributed by atoms with Crippen molar-refractivity contribution in [2.24, 2.45) is 5.92 Å². The van der Waals surface area contributed by atoms with E-state index >= 15 is 0 Å². The van der Waals surface area contributed by atoms with Gasteiger partial charge in [0.2, 0.25) is 5.88 Å². The van der Waals surface area contributed by atoms with Crippen LogP contribution in [-0.4, -0.2) is 30.2 Å². The molecule has 1 aliphatic heterocycles. The van der Waals surface area contributed by atoms with E-state index in [0.29, 0.717) is 5.88 Å². The van der Waals surface area contributed by atoms with Crippen LogP contribution in [0.25, 0.3) is 11.0 Å². The Bertz CT molecular complexity index is 570. The number of anilines is 1. The molecule has 0 radical (unpaired) electrons. The summed E-state index contributed by atoms with van der Waals surface area (Å²) in [6.07, 6.45) is 3.10. The number of pyridine rings is 2. The van der Waals surface area contributed by atoms with E-state index in [1.54, 1.807) is 7.11 Å². The van der Waals surface area contributed by atoms with Crippen molar-refractivity contribution in [2.75, 3.05) is 25.1 Å². The van der Waals surface area contributed by atoms with Gasteiger partial charge >= 0.3 is 0 Å². The van der Waals surface area contributed by atoms with E-state index in [9.17, 15) is 0 Å². The topological polar surface area (TPSA) is 38.2 Å². The van der Waals surface area contributed by atoms with Crippen LogP contribution < -0.4 is 9.64 Å². The molecule has 0 amide bonds. The van der Waals surface area contributed by atoms with Gasteiger partial charge in [-0.25, -0.2) is 4.98 Å². The fraction of sp³-hybridized carbons (Fsp3) is 0.429. The van der Waals surface area contributed by atoms with Gasteiger partial charge in [-0.05, 0) is 24.5 Å². The van der Waals surface area contributed by atoms with Crippen molar-refractivity contribution in [1.82, 2.24) is 9.97 Å². The molecule has 2 aromatic rings. The van der Waals surface area contributed by atoms with E-state index in [4.69, 9.17) is 4.74 Å². The summed E-state index contributed by atoms with van der Waals surface area (Å²) in [7, 11) is 1.64. The van der Waals surface area contributed by atoms with E-state index in [2.05, 4.69) is 21.8 Å². The van der Waals surface area contributed by atoms with Crippen molar-refractivity contribution >= 4 is 16.7 Å². The molecule has 94 valence electrons. The molecule has 3 heterocycles. The van der Waals surface area contributed by atoms with Crippen LogP contribution in [0.3, 0.4) is 0 Å². The van der Waals surface area contributed by atoms with Gasteiger partial charge in [-0.1, -0.05) is 6.92 Å². The van der Waals surface area contributed by atoms with Crippen molar-refractivity contribution < 1.29 is 4.74 Å². The van der Waals surface area contributed by atoms with Gasteiger partial charge in [-0.15, -0.1) is 0 Å². The van der Waals surface area contributed by atoms with Gasteiger partial charge in [0.05, 0.1) is 18.3 Å². The molecule has 1 unspecified atom stereocenters. The molecular formula is C14H17N3O. The van der Waals surface area contributed by atoms with E-state index in [0.717, 1.165) is 30.0 Å². The zero-order valence-corrected chi connectivity index (χ0v) is 10.8. The fourth-order valence-electron chi connectivity index (χ4n) is 2.52. The predicted octanol–water partition coefficient (Wildman–Crippen LogP) is 2.48. The molecule has 2 aromatic heterocycles. The Morgan fingerprint density at radius 1 is 1.33 bits per heavy atom. The Balaban J connectivity index is 2.10. The van der Waals surface area contributed by atoms with Crippen LogP contribution in [0, 0.1) is 5.92 Å². The SMILES string of the molecule is COc1ccc2nccc(N3CCC(C)C3)c2n1. The van der Waals surface area contributed by atoms with Gasteiger partial charge in [0.1, 0.15) is 5.52 Å². The summed E-state index contributed by atoms with van der Waals surface area (Å²) in [6, 6.07) is 5.86. The first-order chi connectivity index (χ1) is 8.78. The third-order valence-corrected chi connectivity index (χ3v) is 3.51. The Morgan fingerprint density at radius 3 is 2.94 bits per heavy atom. The first-order valence-corrected chi connectivity index (χ1v) is 6.32. The molecule has 0 spiro atoms. The second-order valence-electron chi connectivity index (χ2n) is 4.89. The van der Waals surface area contributed by atoms with E-state index in [1.165, 1.54) is 12.1 Å². The van der Waals surface area contributed by atoms with Crippen LogP contribution in [-0.2, 0) is 0 Å². The molecule has 3 rings (SSSR count). The highest BCUT2D eigenvalue weighted by Crippen LogP contribution is 2.29. The summed E-state index contributed by atoms with van der Waals surface area (Å²) < 4.78 is 5.20. The number of ether oxygens (including phenoxy) is 1. The lowest BCUT2D eigenvalue weighted by atomic mass is 10.2. The van der Waals surface area contributed by atoms with Crippen LogP contribution >= 0.6 is 0 Å². The molecule has 0 saturated carbocycles. The lowest BCUT2D eigenvalue weighted by Gasteiger charge is -2.19. The Morgan fingerprint density at radius 2 is 2.22 bits per heavy atom. The van der Waals surface area contributed by atoms with Crippen LogP contribution in [0.2, 0.25) is 0 Å². The van der Waals surface area contributed by atoms with E-state index in [-0.39, 0.29) is 0 Å². The van der Waals surface area contributed by atoms with Gasteiger partial charge < -0.3 is 9.64 Å². The molecule has 18 heavy (non-hydrogen) atoms. The quantitative estimate of drug-likeness (QED) is 0.812. The maximum absolute atomic E-state index is 5.20. The molecule has 1 atom stereocenters.